The summed E-state index contributed by atoms with van der Waals surface area (Å²) in [6, 6.07) is 6.33. The number of rotatable bonds is 2. The minimum atomic E-state index is -0.472. The average Bonchev–Trinajstić information content (AvgIpc) is 2.36. The van der Waals surface area contributed by atoms with E-state index < -0.39 is 6.73 Å². The van der Waals surface area contributed by atoms with Gasteiger partial charge in [0.25, 0.3) is 5.56 Å². The van der Waals surface area contributed by atoms with Crippen LogP contribution in [0.1, 0.15) is 5.56 Å². The molecule has 0 aliphatic carbocycles. The third-order valence-corrected chi connectivity index (χ3v) is 3.36. The highest BCUT2D eigenvalue weighted by atomic mass is 35.5. The first-order valence-corrected chi connectivity index (χ1v) is 5.93. The fraction of sp³-hybridized carbons (Fsp3) is 0.167. The van der Waals surface area contributed by atoms with Gasteiger partial charge in [-0.3, -0.25) is 4.79 Å². The molecule has 0 bridgehead atoms. The van der Waals surface area contributed by atoms with Gasteiger partial charge in [-0.15, -0.1) is 0 Å². The molecule has 4 nitrogen and oxygen atoms in total. The zero-order valence-corrected chi connectivity index (χ0v) is 11.0. The van der Waals surface area contributed by atoms with Crippen LogP contribution in [0.25, 0.3) is 11.3 Å². The first-order valence-electron chi connectivity index (χ1n) is 5.18. The lowest BCUT2D eigenvalue weighted by molar-refractivity contribution is 0.189. The van der Waals surface area contributed by atoms with Gasteiger partial charge in [0.1, 0.15) is 6.73 Å². The highest BCUT2D eigenvalue weighted by Gasteiger charge is 2.08. The Hall–Kier alpha value is -1.36. The molecule has 0 atom stereocenters. The molecule has 0 amide bonds. The van der Waals surface area contributed by atoms with Gasteiger partial charge >= 0.3 is 0 Å². The fourth-order valence-corrected chi connectivity index (χ4v) is 1.98. The van der Waals surface area contributed by atoms with Crippen LogP contribution in [-0.4, -0.2) is 14.9 Å². The zero-order chi connectivity index (χ0) is 13.3. The highest BCUT2D eigenvalue weighted by Crippen LogP contribution is 2.29. The SMILES string of the molecule is Cc1c(Cl)cc(-c2ccc(=O)n(CO)n2)cc1Cl. The molecule has 0 spiro atoms. The van der Waals surface area contributed by atoms with E-state index in [1.165, 1.54) is 6.07 Å². The number of benzene rings is 1. The second-order valence-corrected chi connectivity index (χ2v) is 4.58. The molecule has 0 unspecified atom stereocenters. The Morgan fingerprint density at radius 3 is 2.44 bits per heavy atom. The number of aliphatic hydroxyl groups excluding tert-OH is 1. The molecule has 1 N–H and O–H groups in total. The summed E-state index contributed by atoms with van der Waals surface area (Å²) in [5.74, 6) is 0. The predicted molar refractivity (Wildman–Crippen MR) is 70.9 cm³/mol. The minimum Gasteiger partial charge on any atom is -0.374 e. The maximum Gasteiger partial charge on any atom is 0.268 e. The number of aromatic nitrogens is 2. The van der Waals surface area contributed by atoms with Crippen LogP contribution in [0.2, 0.25) is 10.0 Å². The Morgan fingerprint density at radius 1 is 1.28 bits per heavy atom. The van der Waals surface area contributed by atoms with Crippen LogP contribution in [0, 0.1) is 6.92 Å². The molecule has 1 aromatic carbocycles. The van der Waals surface area contributed by atoms with Crippen LogP contribution >= 0.6 is 23.2 Å². The van der Waals surface area contributed by atoms with Crippen LogP contribution in [0.4, 0.5) is 0 Å². The lowest BCUT2D eigenvalue weighted by Crippen LogP contribution is -2.22. The smallest absolute Gasteiger partial charge is 0.268 e. The summed E-state index contributed by atoms with van der Waals surface area (Å²) in [6.45, 7) is 1.34. The van der Waals surface area contributed by atoms with E-state index in [1.54, 1.807) is 18.2 Å². The van der Waals surface area contributed by atoms with E-state index in [0.717, 1.165) is 10.2 Å². The molecule has 1 heterocycles. The molecule has 6 heteroatoms. The van der Waals surface area contributed by atoms with Crippen LogP contribution in [0.15, 0.2) is 29.1 Å². The van der Waals surface area contributed by atoms with E-state index in [2.05, 4.69) is 5.10 Å². The summed E-state index contributed by atoms with van der Waals surface area (Å²) in [4.78, 5) is 11.3. The summed E-state index contributed by atoms with van der Waals surface area (Å²) < 4.78 is 0.955. The summed E-state index contributed by atoms with van der Waals surface area (Å²) >= 11 is 12.1. The van der Waals surface area contributed by atoms with Crippen molar-refractivity contribution in [3.8, 4) is 11.3 Å². The number of nitrogens with zero attached hydrogens (tertiary/aromatic N) is 2. The molecule has 0 aliphatic rings. The number of hydrogen-bond acceptors (Lipinski definition) is 3. The Bertz CT molecular complexity index is 630. The van der Waals surface area contributed by atoms with Gasteiger partial charge in [-0.1, -0.05) is 23.2 Å². The van der Waals surface area contributed by atoms with Crippen molar-refractivity contribution in [2.75, 3.05) is 0 Å². The minimum absolute atomic E-state index is 0.370. The van der Waals surface area contributed by atoms with Gasteiger partial charge in [-0.2, -0.15) is 5.10 Å². The molecule has 0 saturated heterocycles. The number of halogens is 2. The average molecular weight is 285 g/mol. The van der Waals surface area contributed by atoms with E-state index in [4.69, 9.17) is 28.3 Å². The van der Waals surface area contributed by atoms with Gasteiger partial charge in [0.05, 0.1) is 5.69 Å². The van der Waals surface area contributed by atoms with Gasteiger partial charge < -0.3 is 5.11 Å². The maximum atomic E-state index is 11.3. The van der Waals surface area contributed by atoms with Crippen molar-refractivity contribution in [3.05, 3.63) is 50.2 Å². The molecular formula is C12H10Cl2N2O2. The molecule has 18 heavy (non-hydrogen) atoms. The predicted octanol–water partition coefficient (Wildman–Crippen LogP) is 2.48. The second kappa shape index (κ2) is 5.10. The molecule has 0 aliphatic heterocycles. The van der Waals surface area contributed by atoms with E-state index >= 15 is 0 Å². The van der Waals surface area contributed by atoms with Gasteiger partial charge in [-0.25, -0.2) is 4.68 Å². The summed E-state index contributed by atoms with van der Waals surface area (Å²) in [6.07, 6.45) is 0. The quantitative estimate of drug-likeness (QED) is 0.922. The van der Waals surface area contributed by atoms with E-state index in [0.29, 0.717) is 21.3 Å². The maximum absolute atomic E-state index is 11.3. The van der Waals surface area contributed by atoms with Gasteiger partial charge in [0.2, 0.25) is 0 Å². The van der Waals surface area contributed by atoms with Crippen LogP contribution in [0.3, 0.4) is 0 Å². The molecular weight excluding hydrogens is 275 g/mol. The molecule has 2 rings (SSSR count). The highest BCUT2D eigenvalue weighted by molar-refractivity contribution is 6.36. The van der Waals surface area contributed by atoms with Crippen molar-refractivity contribution in [1.29, 1.82) is 0 Å². The molecule has 2 aromatic rings. The molecule has 94 valence electrons. The first kappa shape index (κ1) is 13.1. The number of aliphatic hydroxyl groups is 1. The third kappa shape index (κ3) is 2.41. The molecule has 0 radical (unpaired) electrons. The van der Waals surface area contributed by atoms with Crippen LogP contribution in [0.5, 0.6) is 0 Å². The largest absolute Gasteiger partial charge is 0.374 e. The fourth-order valence-electron chi connectivity index (χ4n) is 1.50. The lowest BCUT2D eigenvalue weighted by atomic mass is 10.1. The van der Waals surface area contributed by atoms with Crippen molar-refractivity contribution in [2.24, 2.45) is 0 Å². The normalized spacial score (nSPS) is 10.7. The van der Waals surface area contributed by atoms with Crippen molar-refractivity contribution in [1.82, 2.24) is 9.78 Å². The second-order valence-electron chi connectivity index (χ2n) is 3.76. The molecule has 1 aromatic heterocycles. The van der Waals surface area contributed by atoms with Gasteiger partial charge in [0, 0.05) is 21.7 Å². The number of hydrogen-bond donors (Lipinski definition) is 1. The van der Waals surface area contributed by atoms with Crippen molar-refractivity contribution in [3.63, 3.8) is 0 Å². The van der Waals surface area contributed by atoms with Crippen molar-refractivity contribution >= 4 is 23.2 Å². The topological polar surface area (TPSA) is 55.1 Å². The monoisotopic (exact) mass is 284 g/mol. The van der Waals surface area contributed by atoms with Crippen LogP contribution in [-0.2, 0) is 6.73 Å². The Morgan fingerprint density at radius 2 is 1.89 bits per heavy atom. The van der Waals surface area contributed by atoms with Gasteiger partial charge in [0.15, 0.2) is 0 Å². The molecule has 0 fully saturated rings. The van der Waals surface area contributed by atoms with E-state index in [1.807, 2.05) is 6.92 Å². The Labute approximate surface area is 113 Å². The van der Waals surface area contributed by atoms with Crippen LogP contribution < -0.4 is 5.56 Å². The van der Waals surface area contributed by atoms with E-state index in [9.17, 15) is 4.79 Å². The standard InChI is InChI=1S/C12H10Cl2N2O2/c1-7-9(13)4-8(5-10(7)14)11-2-3-12(18)16(6-17)15-11/h2-5,17H,6H2,1H3. The summed E-state index contributed by atoms with van der Waals surface area (Å²) in [5.41, 5.74) is 1.63. The summed E-state index contributed by atoms with van der Waals surface area (Å²) in [7, 11) is 0. The van der Waals surface area contributed by atoms with Crippen molar-refractivity contribution < 1.29 is 5.11 Å². The zero-order valence-electron chi connectivity index (χ0n) is 9.52. The van der Waals surface area contributed by atoms with Gasteiger partial charge in [-0.05, 0) is 30.7 Å². The Balaban J connectivity index is 2.59. The third-order valence-electron chi connectivity index (χ3n) is 2.58. The summed E-state index contributed by atoms with van der Waals surface area (Å²) in [5, 5.41) is 14.1. The first-order chi connectivity index (χ1) is 8.52. The van der Waals surface area contributed by atoms with Crippen molar-refractivity contribution in [2.45, 2.75) is 13.7 Å². The lowest BCUT2D eigenvalue weighted by Gasteiger charge is -2.07. The Kier molecular flexibility index (Phi) is 3.71. The molecule has 0 saturated carbocycles. The van der Waals surface area contributed by atoms with E-state index in [-0.39, 0.29) is 5.56 Å².